The third-order valence-electron chi connectivity index (χ3n) is 6.54. The maximum Gasteiger partial charge on any atom is 0.191 e. The molecule has 1 heterocycles. The third-order valence-corrected chi connectivity index (χ3v) is 6.77. The molecule has 2 N–H and O–H groups in total. The van der Waals surface area contributed by atoms with E-state index in [-0.39, 0.29) is 30.0 Å². The Hall–Kier alpha value is -0.610. The molecule has 3 rings (SSSR count). The zero-order chi connectivity index (χ0) is 21.2. The van der Waals surface area contributed by atoms with Gasteiger partial charge in [0.1, 0.15) is 0 Å². The lowest BCUT2D eigenvalue weighted by molar-refractivity contribution is 0.0170. The summed E-state index contributed by atoms with van der Waals surface area (Å²) in [6.45, 7) is 5.91. The molecule has 1 saturated carbocycles. The maximum atomic E-state index is 6.29. The fourth-order valence-electron chi connectivity index (χ4n) is 4.70. The molecule has 0 amide bonds. The quantitative estimate of drug-likeness (QED) is 0.269. The van der Waals surface area contributed by atoms with Gasteiger partial charge in [-0.15, -0.1) is 24.0 Å². The second-order valence-corrected chi connectivity index (χ2v) is 8.91. The van der Waals surface area contributed by atoms with Crippen molar-refractivity contribution in [3.63, 3.8) is 0 Å². The van der Waals surface area contributed by atoms with Crippen LogP contribution in [0.1, 0.15) is 43.7 Å². The molecular formula is C23H38ClIN4O2. The summed E-state index contributed by atoms with van der Waals surface area (Å²) in [5, 5.41) is 7.93. The number of morpholine rings is 1. The first-order valence-corrected chi connectivity index (χ1v) is 11.5. The Labute approximate surface area is 209 Å². The highest BCUT2D eigenvalue weighted by atomic mass is 127. The molecule has 1 aromatic rings. The van der Waals surface area contributed by atoms with Gasteiger partial charge in [-0.1, -0.05) is 36.6 Å². The monoisotopic (exact) mass is 564 g/mol. The van der Waals surface area contributed by atoms with Crippen LogP contribution in [0.25, 0.3) is 0 Å². The predicted octanol–water partition coefficient (Wildman–Crippen LogP) is 4.09. The number of ether oxygens (including phenoxy) is 2. The predicted molar refractivity (Wildman–Crippen MR) is 139 cm³/mol. The molecule has 2 aliphatic rings. The first kappa shape index (κ1) is 26.6. The van der Waals surface area contributed by atoms with Crippen molar-refractivity contribution in [2.75, 3.05) is 60.2 Å². The van der Waals surface area contributed by atoms with Crippen molar-refractivity contribution in [3.05, 3.63) is 34.9 Å². The van der Waals surface area contributed by atoms with Gasteiger partial charge in [-0.2, -0.15) is 0 Å². The molecule has 0 aromatic heterocycles. The average Bonchev–Trinajstić information content (AvgIpc) is 3.24. The summed E-state index contributed by atoms with van der Waals surface area (Å²) in [5.41, 5.74) is 1.55. The molecule has 1 aromatic carbocycles. The summed E-state index contributed by atoms with van der Waals surface area (Å²) >= 11 is 6.29. The van der Waals surface area contributed by atoms with Gasteiger partial charge >= 0.3 is 0 Å². The Morgan fingerprint density at radius 3 is 2.65 bits per heavy atom. The van der Waals surface area contributed by atoms with Crippen molar-refractivity contribution in [1.82, 2.24) is 15.5 Å². The summed E-state index contributed by atoms with van der Waals surface area (Å²) in [4.78, 5) is 6.95. The lowest BCUT2D eigenvalue weighted by atomic mass is 9.83. The number of guanidine groups is 1. The molecule has 2 fully saturated rings. The van der Waals surface area contributed by atoms with Crippen LogP contribution in [0, 0.1) is 5.41 Å². The number of benzene rings is 1. The van der Waals surface area contributed by atoms with Crippen LogP contribution in [0.4, 0.5) is 0 Å². The van der Waals surface area contributed by atoms with Crippen molar-refractivity contribution in [3.8, 4) is 0 Å². The topological polar surface area (TPSA) is 58.1 Å². The molecule has 31 heavy (non-hydrogen) atoms. The van der Waals surface area contributed by atoms with Gasteiger partial charge in [0.25, 0.3) is 0 Å². The Morgan fingerprint density at radius 2 is 2.00 bits per heavy atom. The molecule has 0 bridgehead atoms. The van der Waals surface area contributed by atoms with Crippen LogP contribution in [0.5, 0.6) is 0 Å². The summed E-state index contributed by atoms with van der Waals surface area (Å²) in [6, 6.07) is 8.40. The fourth-order valence-corrected chi connectivity index (χ4v) is 4.90. The lowest BCUT2D eigenvalue weighted by Crippen LogP contribution is -2.48. The molecule has 176 valence electrons. The van der Waals surface area contributed by atoms with Gasteiger partial charge in [-0.3, -0.25) is 9.89 Å². The first-order valence-electron chi connectivity index (χ1n) is 11.2. The van der Waals surface area contributed by atoms with Gasteiger partial charge in [0, 0.05) is 52.0 Å². The van der Waals surface area contributed by atoms with Gasteiger partial charge in [-0.25, -0.2) is 0 Å². The van der Waals surface area contributed by atoms with Crippen LogP contribution in [0.15, 0.2) is 29.3 Å². The van der Waals surface area contributed by atoms with Crippen molar-refractivity contribution in [2.45, 2.75) is 38.1 Å². The van der Waals surface area contributed by atoms with E-state index < -0.39 is 0 Å². The Morgan fingerprint density at radius 1 is 1.26 bits per heavy atom. The Kier molecular flexibility index (Phi) is 11.9. The zero-order valence-corrected chi connectivity index (χ0v) is 22.0. The molecule has 6 nitrogen and oxygen atoms in total. The van der Waals surface area contributed by atoms with Crippen molar-refractivity contribution < 1.29 is 9.47 Å². The Bertz CT molecular complexity index is 679. The van der Waals surface area contributed by atoms with Gasteiger partial charge in [0.2, 0.25) is 0 Å². The van der Waals surface area contributed by atoms with Crippen molar-refractivity contribution in [2.24, 2.45) is 10.4 Å². The second-order valence-electron chi connectivity index (χ2n) is 8.48. The van der Waals surface area contributed by atoms with Crippen molar-refractivity contribution in [1.29, 1.82) is 0 Å². The molecule has 1 aliphatic heterocycles. The molecule has 8 heteroatoms. The van der Waals surface area contributed by atoms with E-state index in [0.29, 0.717) is 5.41 Å². The molecule has 1 saturated heterocycles. The van der Waals surface area contributed by atoms with Gasteiger partial charge < -0.3 is 20.1 Å². The minimum atomic E-state index is 0. The minimum absolute atomic E-state index is 0. The number of aliphatic imine (C=N–C) groups is 1. The van der Waals surface area contributed by atoms with E-state index in [9.17, 15) is 0 Å². The van der Waals surface area contributed by atoms with E-state index in [1.54, 1.807) is 7.11 Å². The highest BCUT2D eigenvalue weighted by molar-refractivity contribution is 14.0. The molecule has 0 spiro atoms. The summed E-state index contributed by atoms with van der Waals surface area (Å²) in [7, 11) is 3.63. The van der Waals surface area contributed by atoms with Gasteiger partial charge in [0.15, 0.2) is 5.96 Å². The van der Waals surface area contributed by atoms with E-state index >= 15 is 0 Å². The van der Waals surface area contributed by atoms with E-state index in [1.807, 2.05) is 19.2 Å². The number of nitrogens with zero attached hydrogens (tertiary/aromatic N) is 2. The van der Waals surface area contributed by atoms with Crippen LogP contribution in [-0.4, -0.2) is 71.0 Å². The maximum absolute atomic E-state index is 6.29. The molecule has 1 aliphatic carbocycles. The SMILES string of the molecule is CN=C(NCC(c1cccc(Cl)c1)N1CCOCC1)NCC1(CCOC)CCCC1.I. The molecule has 1 unspecified atom stereocenters. The van der Waals surface area contributed by atoms with Crippen LogP contribution >= 0.6 is 35.6 Å². The van der Waals surface area contributed by atoms with Crippen LogP contribution in [0.3, 0.4) is 0 Å². The van der Waals surface area contributed by atoms with E-state index in [2.05, 4.69) is 32.7 Å². The minimum Gasteiger partial charge on any atom is -0.385 e. The number of rotatable bonds is 9. The summed E-state index contributed by atoms with van der Waals surface area (Å²) < 4.78 is 10.9. The lowest BCUT2D eigenvalue weighted by Gasteiger charge is -2.35. The van der Waals surface area contributed by atoms with E-state index in [1.165, 1.54) is 31.2 Å². The second kappa shape index (κ2) is 13.8. The smallest absolute Gasteiger partial charge is 0.191 e. The van der Waals surface area contributed by atoms with Crippen molar-refractivity contribution >= 4 is 41.5 Å². The molecular weight excluding hydrogens is 527 g/mol. The van der Waals surface area contributed by atoms with Gasteiger partial charge in [-0.05, 0) is 42.4 Å². The van der Waals surface area contributed by atoms with Crippen LogP contribution < -0.4 is 10.6 Å². The number of nitrogens with one attached hydrogen (secondary N) is 2. The largest absolute Gasteiger partial charge is 0.385 e. The highest BCUT2D eigenvalue weighted by Crippen LogP contribution is 2.40. The highest BCUT2D eigenvalue weighted by Gasteiger charge is 2.33. The van der Waals surface area contributed by atoms with Crippen LogP contribution in [0.2, 0.25) is 5.02 Å². The first-order chi connectivity index (χ1) is 14.7. The molecule has 1 atom stereocenters. The average molecular weight is 565 g/mol. The summed E-state index contributed by atoms with van der Waals surface area (Å²) in [6.07, 6.45) is 6.25. The summed E-state index contributed by atoms with van der Waals surface area (Å²) in [5.74, 6) is 0.860. The molecule has 0 radical (unpaired) electrons. The van der Waals surface area contributed by atoms with Crippen LogP contribution in [-0.2, 0) is 9.47 Å². The fraction of sp³-hybridized carbons (Fsp3) is 0.696. The number of halogens is 2. The van der Waals surface area contributed by atoms with Gasteiger partial charge in [0.05, 0.1) is 19.3 Å². The third kappa shape index (κ3) is 8.03. The standard InChI is InChI=1S/C23H37ClN4O2.HI/c1-25-22(27-18-23(10-13-29-2)8-3-4-9-23)26-17-21(28-11-14-30-15-12-28)19-6-5-7-20(24)16-19;/h5-7,16,21H,3-4,8-15,17-18H2,1-2H3,(H2,25,26,27);1H. The van der Waals surface area contributed by atoms with E-state index in [4.69, 9.17) is 21.1 Å². The normalized spacial score (nSPS) is 20.2. The van der Waals surface area contributed by atoms with E-state index in [0.717, 1.165) is 63.4 Å². The zero-order valence-electron chi connectivity index (χ0n) is 18.9. The Balaban J connectivity index is 0.00000341. The number of hydrogen-bond donors (Lipinski definition) is 2. The number of hydrogen-bond acceptors (Lipinski definition) is 4. The number of methoxy groups -OCH3 is 1.